The van der Waals surface area contributed by atoms with Crippen LogP contribution >= 0.6 is 11.8 Å². The van der Waals surface area contributed by atoms with Gasteiger partial charge >= 0.3 is 6.18 Å². The SMILES string of the molecule is Cc1ccc(C)c(SCC(=O)N2CCN(c3cccc(C(F)(F)F)c3)CC2)c1. The monoisotopic (exact) mass is 408 g/mol. The fourth-order valence-electron chi connectivity index (χ4n) is 3.19. The number of piperazine rings is 1. The highest BCUT2D eigenvalue weighted by molar-refractivity contribution is 8.00. The van der Waals surface area contributed by atoms with Crippen LogP contribution in [0.5, 0.6) is 0 Å². The van der Waals surface area contributed by atoms with Crippen molar-refractivity contribution in [2.24, 2.45) is 0 Å². The molecule has 1 heterocycles. The largest absolute Gasteiger partial charge is 0.416 e. The highest BCUT2D eigenvalue weighted by atomic mass is 32.2. The van der Waals surface area contributed by atoms with E-state index in [1.54, 1.807) is 11.0 Å². The van der Waals surface area contributed by atoms with Crippen LogP contribution in [0.3, 0.4) is 0 Å². The van der Waals surface area contributed by atoms with Crippen LogP contribution < -0.4 is 4.90 Å². The van der Waals surface area contributed by atoms with Gasteiger partial charge in [-0.1, -0.05) is 23.8 Å². The molecule has 28 heavy (non-hydrogen) atoms. The lowest BCUT2D eigenvalue weighted by atomic mass is 10.1. The number of carbonyl (C=O) groups is 1. The summed E-state index contributed by atoms with van der Waals surface area (Å²) in [4.78, 5) is 17.3. The number of hydrogen-bond donors (Lipinski definition) is 0. The molecule has 2 aromatic carbocycles. The van der Waals surface area contributed by atoms with E-state index in [1.165, 1.54) is 23.9 Å². The first kappa shape index (κ1) is 20.6. The number of alkyl halides is 3. The average molecular weight is 408 g/mol. The average Bonchev–Trinajstić information content (AvgIpc) is 2.68. The molecule has 0 bridgehead atoms. The second-order valence-electron chi connectivity index (χ2n) is 6.97. The van der Waals surface area contributed by atoms with Crippen LogP contribution in [0.2, 0.25) is 0 Å². The zero-order valence-electron chi connectivity index (χ0n) is 15.9. The van der Waals surface area contributed by atoms with Crippen LogP contribution in [-0.4, -0.2) is 42.7 Å². The number of rotatable bonds is 4. The first-order valence-corrected chi connectivity index (χ1v) is 10.1. The molecule has 7 heteroatoms. The van der Waals surface area contributed by atoms with Crippen molar-refractivity contribution in [2.75, 3.05) is 36.8 Å². The summed E-state index contributed by atoms with van der Waals surface area (Å²) in [5.41, 5.74) is 2.22. The fraction of sp³-hybridized carbons (Fsp3) is 0.381. The predicted molar refractivity (Wildman–Crippen MR) is 107 cm³/mol. The Morgan fingerprint density at radius 2 is 1.75 bits per heavy atom. The molecule has 1 amide bonds. The Balaban J connectivity index is 1.55. The number of benzene rings is 2. The molecule has 0 unspecified atom stereocenters. The third-order valence-electron chi connectivity index (χ3n) is 4.87. The number of amides is 1. The van der Waals surface area contributed by atoms with E-state index in [-0.39, 0.29) is 5.91 Å². The first-order valence-electron chi connectivity index (χ1n) is 9.14. The van der Waals surface area contributed by atoms with E-state index in [4.69, 9.17) is 0 Å². The molecule has 0 spiro atoms. The van der Waals surface area contributed by atoms with Crippen molar-refractivity contribution in [3.8, 4) is 0 Å². The molecule has 0 aromatic heterocycles. The fourth-order valence-corrected chi connectivity index (χ4v) is 4.21. The van der Waals surface area contributed by atoms with Crippen LogP contribution in [-0.2, 0) is 11.0 Å². The van der Waals surface area contributed by atoms with E-state index >= 15 is 0 Å². The third kappa shape index (κ3) is 5.01. The second kappa shape index (κ2) is 8.47. The van der Waals surface area contributed by atoms with Crippen LogP contribution in [0.1, 0.15) is 16.7 Å². The molecule has 3 nitrogen and oxygen atoms in total. The molecule has 0 aliphatic carbocycles. The van der Waals surface area contributed by atoms with Gasteiger partial charge in [-0.2, -0.15) is 13.2 Å². The van der Waals surface area contributed by atoms with Gasteiger partial charge in [-0.25, -0.2) is 0 Å². The molecule has 0 N–H and O–H groups in total. The zero-order chi connectivity index (χ0) is 20.3. The lowest BCUT2D eigenvalue weighted by Gasteiger charge is -2.36. The highest BCUT2D eigenvalue weighted by Crippen LogP contribution is 2.32. The maximum atomic E-state index is 12.9. The van der Waals surface area contributed by atoms with E-state index in [9.17, 15) is 18.0 Å². The first-order chi connectivity index (χ1) is 13.2. The van der Waals surface area contributed by atoms with Gasteiger partial charge in [0.1, 0.15) is 0 Å². The van der Waals surface area contributed by atoms with Crippen LogP contribution in [0.15, 0.2) is 47.4 Å². The Kier molecular flexibility index (Phi) is 6.23. The Hall–Kier alpha value is -2.15. The van der Waals surface area contributed by atoms with Gasteiger partial charge in [0, 0.05) is 36.8 Å². The minimum absolute atomic E-state index is 0.0644. The molecule has 150 valence electrons. The number of nitrogens with zero attached hydrogens (tertiary/aromatic N) is 2. The van der Waals surface area contributed by atoms with Gasteiger partial charge in [-0.15, -0.1) is 11.8 Å². The topological polar surface area (TPSA) is 23.6 Å². The van der Waals surface area contributed by atoms with Gasteiger partial charge in [0.15, 0.2) is 0 Å². The molecule has 1 aliphatic heterocycles. The standard InChI is InChI=1S/C21H23F3N2OS/c1-15-6-7-16(2)19(12-15)28-14-20(27)26-10-8-25(9-11-26)18-5-3-4-17(13-18)21(22,23)24/h3-7,12-13H,8-11,14H2,1-2H3. The molecule has 0 radical (unpaired) electrons. The molecule has 0 saturated carbocycles. The molecule has 0 atom stereocenters. The Bertz CT molecular complexity index is 846. The van der Waals surface area contributed by atoms with Crippen molar-refractivity contribution < 1.29 is 18.0 Å². The van der Waals surface area contributed by atoms with Gasteiger partial charge in [0.05, 0.1) is 11.3 Å². The Morgan fingerprint density at radius 1 is 1.04 bits per heavy atom. The zero-order valence-corrected chi connectivity index (χ0v) is 16.7. The summed E-state index contributed by atoms with van der Waals surface area (Å²) in [6.45, 7) is 6.14. The molecule has 2 aromatic rings. The maximum Gasteiger partial charge on any atom is 0.416 e. The van der Waals surface area contributed by atoms with Gasteiger partial charge in [-0.3, -0.25) is 4.79 Å². The number of thioether (sulfide) groups is 1. The lowest BCUT2D eigenvalue weighted by Crippen LogP contribution is -2.49. The summed E-state index contributed by atoms with van der Waals surface area (Å²) in [5.74, 6) is 0.433. The summed E-state index contributed by atoms with van der Waals surface area (Å²) in [5, 5.41) is 0. The van der Waals surface area contributed by atoms with Crippen molar-refractivity contribution in [1.82, 2.24) is 4.90 Å². The number of halogens is 3. The van der Waals surface area contributed by atoms with Crippen molar-refractivity contribution >= 4 is 23.4 Å². The van der Waals surface area contributed by atoms with Gasteiger partial charge in [-0.05, 0) is 43.7 Å². The quantitative estimate of drug-likeness (QED) is 0.682. The molecule has 3 rings (SSSR count). The molecule has 1 fully saturated rings. The summed E-state index contributed by atoms with van der Waals surface area (Å²) >= 11 is 1.54. The van der Waals surface area contributed by atoms with E-state index in [2.05, 4.69) is 12.1 Å². The third-order valence-corrected chi connectivity index (χ3v) is 6.01. The normalized spacial score (nSPS) is 15.0. The van der Waals surface area contributed by atoms with E-state index < -0.39 is 11.7 Å². The smallest absolute Gasteiger partial charge is 0.368 e. The van der Waals surface area contributed by atoms with Crippen LogP contribution in [0, 0.1) is 13.8 Å². The molecular weight excluding hydrogens is 385 g/mol. The maximum absolute atomic E-state index is 12.9. The van der Waals surface area contributed by atoms with E-state index in [0.717, 1.165) is 22.1 Å². The number of aryl methyl sites for hydroxylation is 2. The lowest BCUT2D eigenvalue weighted by molar-refractivity contribution is -0.137. The predicted octanol–water partition coefficient (Wildman–Crippen LogP) is 4.76. The molecule has 1 saturated heterocycles. The van der Waals surface area contributed by atoms with Crippen LogP contribution in [0.4, 0.5) is 18.9 Å². The van der Waals surface area contributed by atoms with Crippen molar-refractivity contribution in [3.05, 3.63) is 59.2 Å². The van der Waals surface area contributed by atoms with E-state index in [1.807, 2.05) is 24.8 Å². The minimum atomic E-state index is -4.35. The molecule has 1 aliphatic rings. The summed E-state index contributed by atoms with van der Waals surface area (Å²) in [7, 11) is 0. The Labute approximate surface area is 167 Å². The van der Waals surface area contributed by atoms with E-state index in [0.29, 0.717) is 37.6 Å². The number of carbonyl (C=O) groups excluding carboxylic acids is 1. The Morgan fingerprint density at radius 3 is 2.43 bits per heavy atom. The van der Waals surface area contributed by atoms with Crippen molar-refractivity contribution in [2.45, 2.75) is 24.9 Å². The summed E-state index contributed by atoms with van der Waals surface area (Å²) in [6.07, 6.45) is -4.35. The minimum Gasteiger partial charge on any atom is -0.368 e. The summed E-state index contributed by atoms with van der Waals surface area (Å²) in [6, 6.07) is 11.5. The molecular formula is C21H23F3N2OS. The van der Waals surface area contributed by atoms with Crippen LogP contribution in [0.25, 0.3) is 0 Å². The van der Waals surface area contributed by atoms with Gasteiger partial charge in [0.25, 0.3) is 0 Å². The number of anilines is 1. The number of hydrogen-bond acceptors (Lipinski definition) is 3. The highest BCUT2D eigenvalue weighted by Gasteiger charge is 2.31. The van der Waals surface area contributed by atoms with Crippen molar-refractivity contribution in [1.29, 1.82) is 0 Å². The van der Waals surface area contributed by atoms with Gasteiger partial charge < -0.3 is 9.80 Å². The summed E-state index contributed by atoms with van der Waals surface area (Å²) < 4.78 is 38.7. The second-order valence-corrected chi connectivity index (χ2v) is 7.99. The van der Waals surface area contributed by atoms with Crippen molar-refractivity contribution in [3.63, 3.8) is 0 Å². The van der Waals surface area contributed by atoms with Gasteiger partial charge in [0.2, 0.25) is 5.91 Å².